The van der Waals surface area contributed by atoms with Crippen LogP contribution in [0.2, 0.25) is 0 Å². The van der Waals surface area contributed by atoms with Gasteiger partial charge in [0, 0.05) is 22.2 Å². The molecular formula is C17H15BrN4O3. The Hall–Kier alpha value is -2.48. The van der Waals surface area contributed by atoms with E-state index in [2.05, 4.69) is 31.3 Å². The van der Waals surface area contributed by atoms with Gasteiger partial charge in [0.25, 0.3) is 5.82 Å². The van der Waals surface area contributed by atoms with E-state index in [-0.39, 0.29) is 11.6 Å². The maximum Gasteiger partial charge on any atom is 0.378 e. The van der Waals surface area contributed by atoms with E-state index in [1.807, 2.05) is 24.3 Å². The van der Waals surface area contributed by atoms with Gasteiger partial charge < -0.3 is 10.1 Å². The SMILES string of the molecule is COC(=O)c1nc2n(n1)[C@@H](c1cccc(Br)c1)C1=C(CCCC1=O)N2. The average Bonchev–Trinajstić information content (AvgIpc) is 3.03. The fourth-order valence-corrected chi connectivity index (χ4v) is 3.74. The van der Waals surface area contributed by atoms with Crippen LogP contribution in [0.4, 0.5) is 5.95 Å². The minimum Gasteiger partial charge on any atom is -0.463 e. The van der Waals surface area contributed by atoms with Gasteiger partial charge in [-0.1, -0.05) is 28.1 Å². The quantitative estimate of drug-likeness (QED) is 0.777. The number of carbonyl (C=O) groups is 2. The lowest BCUT2D eigenvalue weighted by molar-refractivity contribution is -0.116. The van der Waals surface area contributed by atoms with Crippen LogP contribution in [0.25, 0.3) is 0 Å². The Morgan fingerprint density at radius 1 is 1.40 bits per heavy atom. The number of anilines is 1. The topological polar surface area (TPSA) is 86.1 Å². The first-order valence-electron chi connectivity index (χ1n) is 7.92. The van der Waals surface area contributed by atoms with Gasteiger partial charge in [-0.3, -0.25) is 4.79 Å². The van der Waals surface area contributed by atoms with E-state index < -0.39 is 12.0 Å². The first-order chi connectivity index (χ1) is 12.1. The second-order valence-electron chi connectivity index (χ2n) is 5.95. The monoisotopic (exact) mass is 402 g/mol. The summed E-state index contributed by atoms with van der Waals surface area (Å²) in [5.74, 6) is -0.100. The molecule has 0 saturated carbocycles. The molecule has 7 nitrogen and oxygen atoms in total. The molecule has 0 bridgehead atoms. The van der Waals surface area contributed by atoms with Crippen LogP contribution >= 0.6 is 15.9 Å². The number of carbonyl (C=O) groups excluding carboxylic acids is 2. The number of nitrogens with zero attached hydrogens (tertiary/aromatic N) is 3. The number of fused-ring (bicyclic) bond motifs is 1. The predicted molar refractivity (Wildman–Crippen MR) is 93.1 cm³/mol. The van der Waals surface area contributed by atoms with Gasteiger partial charge in [-0.05, 0) is 30.5 Å². The van der Waals surface area contributed by atoms with Gasteiger partial charge in [0.2, 0.25) is 5.95 Å². The van der Waals surface area contributed by atoms with Gasteiger partial charge in [0.15, 0.2) is 5.78 Å². The first-order valence-corrected chi connectivity index (χ1v) is 8.71. The van der Waals surface area contributed by atoms with Gasteiger partial charge in [0.1, 0.15) is 6.04 Å². The summed E-state index contributed by atoms with van der Waals surface area (Å²) in [6.45, 7) is 0. The summed E-state index contributed by atoms with van der Waals surface area (Å²) in [5.41, 5.74) is 2.46. The molecule has 0 amide bonds. The Labute approximate surface area is 152 Å². The van der Waals surface area contributed by atoms with Gasteiger partial charge in [-0.2, -0.15) is 4.98 Å². The number of allylic oxidation sites excluding steroid dienone is 2. The van der Waals surface area contributed by atoms with Gasteiger partial charge in [-0.25, -0.2) is 9.48 Å². The molecule has 0 unspecified atom stereocenters. The maximum atomic E-state index is 12.6. The fraction of sp³-hybridized carbons (Fsp3) is 0.294. The zero-order valence-corrected chi connectivity index (χ0v) is 15.0. The third-order valence-electron chi connectivity index (χ3n) is 4.40. The standard InChI is InChI=1S/C17H15BrN4O3/c1-25-16(24)15-20-17-19-11-6-3-7-12(23)13(11)14(22(17)21-15)9-4-2-5-10(18)8-9/h2,4-5,8,14H,3,6-7H2,1H3,(H,19,20,21)/t14-/m0/s1. The van der Waals surface area contributed by atoms with Crippen molar-refractivity contribution in [1.82, 2.24) is 14.8 Å². The van der Waals surface area contributed by atoms with Crippen molar-refractivity contribution in [2.75, 3.05) is 12.4 Å². The van der Waals surface area contributed by atoms with Gasteiger partial charge in [0.05, 0.1) is 7.11 Å². The number of hydrogen-bond acceptors (Lipinski definition) is 6. The smallest absolute Gasteiger partial charge is 0.378 e. The molecule has 1 aromatic heterocycles. The molecule has 1 aliphatic carbocycles. The number of esters is 1. The first kappa shape index (κ1) is 16.0. The third-order valence-corrected chi connectivity index (χ3v) is 4.89. The number of rotatable bonds is 2. The summed E-state index contributed by atoms with van der Waals surface area (Å²) in [7, 11) is 1.29. The summed E-state index contributed by atoms with van der Waals surface area (Å²) < 4.78 is 7.22. The van der Waals surface area contributed by atoms with Crippen LogP contribution in [0.15, 0.2) is 40.0 Å². The lowest BCUT2D eigenvalue weighted by atomic mass is 9.85. The molecule has 0 spiro atoms. The van der Waals surface area contributed by atoms with Crippen molar-refractivity contribution in [3.63, 3.8) is 0 Å². The summed E-state index contributed by atoms with van der Waals surface area (Å²) in [6.07, 6.45) is 2.08. The third kappa shape index (κ3) is 2.66. The number of halogens is 1. The molecule has 0 saturated heterocycles. The van der Waals surface area contributed by atoms with Crippen LogP contribution in [0, 0.1) is 0 Å². The van der Waals surface area contributed by atoms with E-state index in [1.165, 1.54) is 7.11 Å². The minimum atomic E-state index is -0.610. The van der Waals surface area contributed by atoms with E-state index >= 15 is 0 Å². The van der Waals surface area contributed by atoms with Crippen LogP contribution in [0.5, 0.6) is 0 Å². The van der Waals surface area contributed by atoms with Crippen molar-refractivity contribution >= 4 is 33.6 Å². The maximum absolute atomic E-state index is 12.6. The molecule has 1 aromatic carbocycles. The second kappa shape index (κ2) is 6.11. The Morgan fingerprint density at radius 3 is 3.00 bits per heavy atom. The van der Waals surface area contributed by atoms with Crippen LogP contribution in [0.1, 0.15) is 41.5 Å². The lowest BCUT2D eigenvalue weighted by Crippen LogP contribution is -2.31. The molecule has 1 N–H and O–H groups in total. The van der Waals surface area contributed by atoms with Crippen LogP contribution < -0.4 is 5.32 Å². The lowest BCUT2D eigenvalue weighted by Gasteiger charge is -2.32. The average molecular weight is 403 g/mol. The number of benzene rings is 1. The van der Waals surface area contributed by atoms with Crippen molar-refractivity contribution in [3.05, 3.63) is 51.4 Å². The molecule has 8 heteroatoms. The Kier molecular flexibility index (Phi) is 3.91. The van der Waals surface area contributed by atoms with Crippen LogP contribution in [-0.2, 0) is 9.53 Å². The minimum absolute atomic E-state index is 0.0303. The second-order valence-corrected chi connectivity index (χ2v) is 6.86. The summed E-state index contributed by atoms with van der Waals surface area (Å²) in [6, 6.07) is 7.31. The van der Waals surface area contributed by atoms with E-state index in [1.54, 1.807) is 4.68 Å². The zero-order chi connectivity index (χ0) is 17.6. The van der Waals surface area contributed by atoms with Crippen LogP contribution in [0.3, 0.4) is 0 Å². The molecule has 2 heterocycles. The van der Waals surface area contributed by atoms with Crippen molar-refractivity contribution in [2.45, 2.75) is 25.3 Å². The molecule has 0 fully saturated rings. The van der Waals surface area contributed by atoms with Crippen molar-refractivity contribution < 1.29 is 14.3 Å². The van der Waals surface area contributed by atoms with Gasteiger partial charge in [-0.15, -0.1) is 5.10 Å². The highest BCUT2D eigenvalue weighted by Gasteiger charge is 2.37. The molecule has 2 aromatic rings. The Morgan fingerprint density at radius 2 is 2.24 bits per heavy atom. The number of Topliss-reactive ketones (excluding diaryl/α,β-unsaturated/α-hetero) is 1. The predicted octanol–water partition coefficient (Wildman–Crippen LogP) is 2.85. The Bertz CT molecular complexity index is 918. The molecule has 0 radical (unpaired) electrons. The number of hydrogen-bond donors (Lipinski definition) is 1. The van der Waals surface area contributed by atoms with Crippen molar-refractivity contribution in [2.24, 2.45) is 0 Å². The molecule has 25 heavy (non-hydrogen) atoms. The summed E-state index contributed by atoms with van der Waals surface area (Å²) >= 11 is 3.48. The molecule has 1 aliphatic heterocycles. The number of methoxy groups -OCH3 is 1. The summed E-state index contributed by atoms with van der Waals surface area (Å²) in [4.78, 5) is 28.7. The van der Waals surface area contributed by atoms with E-state index in [0.717, 1.165) is 28.6 Å². The van der Waals surface area contributed by atoms with E-state index in [9.17, 15) is 9.59 Å². The van der Waals surface area contributed by atoms with Gasteiger partial charge >= 0.3 is 5.97 Å². The van der Waals surface area contributed by atoms with E-state index in [0.29, 0.717) is 17.9 Å². The number of ether oxygens (including phenoxy) is 1. The van der Waals surface area contributed by atoms with E-state index in [4.69, 9.17) is 4.74 Å². The highest BCUT2D eigenvalue weighted by Crippen LogP contribution is 2.40. The molecule has 128 valence electrons. The number of ketones is 1. The molecule has 4 rings (SSSR count). The highest BCUT2D eigenvalue weighted by molar-refractivity contribution is 9.10. The number of aromatic nitrogens is 3. The summed E-state index contributed by atoms with van der Waals surface area (Å²) in [5, 5.41) is 7.47. The highest BCUT2D eigenvalue weighted by atomic mass is 79.9. The zero-order valence-electron chi connectivity index (χ0n) is 13.5. The molecule has 2 aliphatic rings. The molecular weight excluding hydrogens is 388 g/mol. The fourth-order valence-electron chi connectivity index (χ4n) is 3.32. The van der Waals surface area contributed by atoms with Crippen LogP contribution in [-0.4, -0.2) is 33.6 Å². The van der Waals surface area contributed by atoms with Crippen molar-refractivity contribution in [1.29, 1.82) is 0 Å². The van der Waals surface area contributed by atoms with Crippen molar-refractivity contribution in [3.8, 4) is 0 Å². The number of nitrogens with one attached hydrogen (secondary N) is 1. The largest absolute Gasteiger partial charge is 0.463 e. The molecule has 1 atom stereocenters. The Balaban J connectivity index is 1.91. The normalized spacial score (nSPS) is 19.1.